The van der Waals surface area contributed by atoms with E-state index in [0.29, 0.717) is 4.99 Å². The lowest BCUT2D eigenvalue weighted by Crippen LogP contribution is -2.41. The van der Waals surface area contributed by atoms with Crippen molar-refractivity contribution in [1.82, 2.24) is 5.32 Å². The van der Waals surface area contributed by atoms with Gasteiger partial charge < -0.3 is 16.2 Å². The highest BCUT2D eigenvalue weighted by atomic mass is 79.9. The maximum atomic E-state index is 12.2. The van der Waals surface area contributed by atoms with E-state index in [1.165, 1.54) is 6.07 Å². The van der Waals surface area contributed by atoms with Crippen LogP contribution in [0.3, 0.4) is 0 Å². The first-order valence-corrected chi connectivity index (χ1v) is 7.28. The molecule has 1 aliphatic rings. The zero-order valence-corrected chi connectivity index (χ0v) is 12.6. The molecule has 4 nitrogen and oxygen atoms in total. The lowest BCUT2D eigenvalue weighted by Gasteiger charge is -2.20. The summed E-state index contributed by atoms with van der Waals surface area (Å²) in [5.41, 5.74) is 5.93. The van der Waals surface area contributed by atoms with Crippen molar-refractivity contribution in [3.63, 3.8) is 0 Å². The lowest BCUT2D eigenvalue weighted by atomic mass is 10.0. The Morgan fingerprint density at radius 3 is 2.89 bits per heavy atom. The molecule has 0 spiro atoms. The second kappa shape index (κ2) is 5.88. The Balaban J connectivity index is 2.12. The maximum absolute atomic E-state index is 12.2. The van der Waals surface area contributed by atoms with Gasteiger partial charge >= 0.3 is 0 Å². The Kier molecular flexibility index (Phi) is 4.42. The number of thiocarbonyl (C=S) groups is 1. The molecule has 1 aromatic carbocycles. The van der Waals surface area contributed by atoms with E-state index in [1.807, 2.05) is 0 Å². The van der Waals surface area contributed by atoms with Gasteiger partial charge in [-0.2, -0.15) is 0 Å². The standard InChI is InChI=1S/C13H15BrN2O2S/c14-7-4-5-11(17)9(6-7)13(18)16-10-3-1-2-8(10)12(15)19/h4-6,8,10,17H,1-3H2,(H2,15,19)(H,16,18). The SMILES string of the molecule is NC(=S)C1CCCC1NC(=O)c1cc(Br)ccc1O. The minimum atomic E-state index is -0.299. The van der Waals surface area contributed by atoms with Gasteiger partial charge in [-0.05, 0) is 31.0 Å². The molecule has 102 valence electrons. The molecular formula is C13H15BrN2O2S. The molecule has 0 heterocycles. The first-order valence-electron chi connectivity index (χ1n) is 6.07. The molecule has 2 atom stereocenters. The molecule has 1 fully saturated rings. The lowest BCUT2D eigenvalue weighted by molar-refractivity contribution is 0.0931. The average molecular weight is 343 g/mol. The van der Waals surface area contributed by atoms with Crippen LogP contribution in [0.15, 0.2) is 22.7 Å². The van der Waals surface area contributed by atoms with Crippen LogP contribution in [-0.2, 0) is 0 Å². The van der Waals surface area contributed by atoms with Gasteiger partial charge in [0.2, 0.25) is 0 Å². The van der Waals surface area contributed by atoms with Crippen molar-refractivity contribution in [2.45, 2.75) is 25.3 Å². The molecule has 6 heteroatoms. The Labute approximate surface area is 125 Å². The molecule has 0 radical (unpaired) electrons. The number of carbonyl (C=O) groups excluding carboxylic acids is 1. The van der Waals surface area contributed by atoms with E-state index < -0.39 is 0 Å². The minimum absolute atomic E-state index is 0.0365. The Morgan fingerprint density at radius 1 is 1.47 bits per heavy atom. The van der Waals surface area contributed by atoms with Gasteiger partial charge in [0.25, 0.3) is 5.91 Å². The maximum Gasteiger partial charge on any atom is 0.255 e. The van der Waals surface area contributed by atoms with Gasteiger partial charge in [0, 0.05) is 16.4 Å². The van der Waals surface area contributed by atoms with Gasteiger partial charge in [0.1, 0.15) is 5.75 Å². The normalized spacial score (nSPS) is 22.2. The van der Waals surface area contributed by atoms with Crippen LogP contribution >= 0.6 is 28.1 Å². The summed E-state index contributed by atoms with van der Waals surface area (Å²) in [6.45, 7) is 0. The number of phenolic OH excluding ortho intramolecular Hbond substituents is 1. The third-order valence-corrected chi connectivity index (χ3v) is 4.20. The number of rotatable bonds is 3. The summed E-state index contributed by atoms with van der Waals surface area (Å²) in [4.78, 5) is 12.6. The molecule has 2 unspecified atom stereocenters. The van der Waals surface area contributed by atoms with Gasteiger partial charge in [0.05, 0.1) is 10.6 Å². The van der Waals surface area contributed by atoms with Gasteiger partial charge in [0.15, 0.2) is 0 Å². The van der Waals surface area contributed by atoms with E-state index in [9.17, 15) is 9.90 Å². The van der Waals surface area contributed by atoms with Crippen LogP contribution in [0, 0.1) is 5.92 Å². The zero-order chi connectivity index (χ0) is 14.0. The van der Waals surface area contributed by atoms with Crippen molar-refractivity contribution >= 4 is 39.0 Å². The molecule has 0 saturated heterocycles. The summed E-state index contributed by atoms with van der Waals surface area (Å²) in [6, 6.07) is 4.72. The van der Waals surface area contributed by atoms with Crippen LogP contribution in [0.2, 0.25) is 0 Å². The van der Waals surface area contributed by atoms with E-state index in [2.05, 4.69) is 21.2 Å². The number of aromatic hydroxyl groups is 1. The van der Waals surface area contributed by atoms with Gasteiger partial charge in [-0.3, -0.25) is 4.79 Å². The smallest absolute Gasteiger partial charge is 0.255 e. The van der Waals surface area contributed by atoms with Gasteiger partial charge in [-0.1, -0.05) is 34.6 Å². The average Bonchev–Trinajstić information content (AvgIpc) is 2.80. The number of carbonyl (C=O) groups is 1. The Morgan fingerprint density at radius 2 is 2.21 bits per heavy atom. The number of nitrogens with one attached hydrogen (secondary N) is 1. The van der Waals surface area contributed by atoms with E-state index in [0.717, 1.165) is 23.7 Å². The predicted octanol–water partition coefficient (Wildman–Crippen LogP) is 2.34. The van der Waals surface area contributed by atoms with Crippen molar-refractivity contribution < 1.29 is 9.90 Å². The molecule has 1 saturated carbocycles. The second-order valence-corrected chi connectivity index (χ2v) is 6.07. The highest BCUT2D eigenvalue weighted by molar-refractivity contribution is 9.10. The van der Waals surface area contributed by atoms with E-state index >= 15 is 0 Å². The summed E-state index contributed by atoms with van der Waals surface area (Å²) in [6.07, 6.45) is 2.77. The van der Waals surface area contributed by atoms with Crippen LogP contribution < -0.4 is 11.1 Å². The number of phenols is 1. The summed E-state index contributed by atoms with van der Waals surface area (Å²) in [5, 5.41) is 12.6. The largest absolute Gasteiger partial charge is 0.507 e. The van der Waals surface area contributed by atoms with Gasteiger partial charge in [-0.25, -0.2) is 0 Å². The summed E-state index contributed by atoms with van der Waals surface area (Å²) >= 11 is 8.30. The van der Waals surface area contributed by atoms with E-state index in [1.54, 1.807) is 12.1 Å². The topological polar surface area (TPSA) is 75.3 Å². The van der Waals surface area contributed by atoms with Crippen LogP contribution in [0.1, 0.15) is 29.6 Å². The van der Waals surface area contributed by atoms with Crippen LogP contribution in [0.5, 0.6) is 5.75 Å². The molecule has 4 N–H and O–H groups in total. The summed E-state index contributed by atoms with van der Waals surface area (Å²) in [5.74, 6) is -0.286. The molecule has 0 aromatic heterocycles. The fourth-order valence-corrected chi connectivity index (χ4v) is 3.05. The number of nitrogens with two attached hydrogens (primary N) is 1. The second-order valence-electron chi connectivity index (χ2n) is 4.68. The fraction of sp³-hybridized carbons (Fsp3) is 0.385. The summed E-state index contributed by atoms with van der Waals surface area (Å²) < 4.78 is 0.743. The third kappa shape index (κ3) is 3.25. The molecule has 1 amide bonds. The van der Waals surface area contributed by atoms with Crippen molar-refractivity contribution in [1.29, 1.82) is 0 Å². The zero-order valence-electron chi connectivity index (χ0n) is 10.2. The molecule has 1 aromatic rings. The molecule has 2 rings (SSSR count). The van der Waals surface area contributed by atoms with Crippen molar-refractivity contribution in [2.75, 3.05) is 0 Å². The number of benzene rings is 1. The van der Waals surface area contributed by atoms with Gasteiger partial charge in [-0.15, -0.1) is 0 Å². The Hall–Kier alpha value is -1.14. The molecular weight excluding hydrogens is 328 g/mol. The van der Waals surface area contributed by atoms with Crippen molar-refractivity contribution in [3.05, 3.63) is 28.2 Å². The van der Waals surface area contributed by atoms with Crippen LogP contribution in [0.25, 0.3) is 0 Å². The molecule has 1 aliphatic carbocycles. The number of hydrogen-bond donors (Lipinski definition) is 3. The van der Waals surface area contributed by atoms with Crippen molar-refractivity contribution in [3.8, 4) is 5.75 Å². The molecule has 0 aliphatic heterocycles. The number of amides is 1. The first-order chi connectivity index (χ1) is 8.99. The highest BCUT2D eigenvalue weighted by Crippen LogP contribution is 2.27. The summed E-state index contributed by atoms with van der Waals surface area (Å²) in [7, 11) is 0. The van der Waals surface area contributed by atoms with Crippen molar-refractivity contribution in [2.24, 2.45) is 11.7 Å². The first kappa shape index (κ1) is 14.3. The number of hydrogen-bond acceptors (Lipinski definition) is 3. The Bertz CT molecular complexity index is 521. The fourth-order valence-electron chi connectivity index (χ4n) is 2.41. The third-order valence-electron chi connectivity index (χ3n) is 3.40. The van der Waals surface area contributed by atoms with Crippen LogP contribution in [0.4, 0.5) is 0 Å². The molecule has 19 heavy (non-hydrogen) atoms. The quantitative estimate of drug-likeness (QED) is 0.737. The number of halogens is 1. The highest BCUT2D eigenvalue weighted by Gasteiger charge is 2.31. The molecule has 0 bridgehead atoms. The minimum Gasteiger partial charge on any atom is -0.507 e. The predicted molar refractivity (Wildman–Crippen MR) is 81.2 cm³/mol. The van der Waals surface area contributed by atoms with E-state index in [4.69, 9.17) is 18.0 Å². The van der Waals surface area contributed by atoms with E-state index in [-0.39, 0.29) is 29.2 Å². The monoisotopic (exact) mass is 342 g/mol. The van der Waals surface area contributed by atoms with Crippen LogP contribution in [-0.4, -0.2) is 22.0 Å².